The van der Waals surface area contributed by atoms with Crippen LogP contribution in [0.5, 0.6) is 0 Å². The number of carbonyl (C=O) groups excluding carboxylic acids is 1. The van der Waals surface area contributed by atoms with Gasteiger partial charge in [0.15, 0.2) is 0 Å². The van der Waals surface area contributed by atoms with Gasteiger partial charge in [0.1, 0.15) is 0 Å². The monoisotopic (exact) mass is 312 g/mol. The van der Waals surface area contributed by atoms with Crippen LogP contribution in [0.4, 0.5) is 11.4 Å². The second-order valence-corrected chi connectivity index (χ2v) is 7.14. The van der Waals surface area contributed by atoms with Gasteiger partial charge in [0.25, 0.3) is 0 Å². The molecule has 1 fully saturated rings. The molecule has 20 heavy (non-hydrogen) atoms. The Morgan fingerprint density at radius 3 is 2.85 bits per heavy atom. The lowest BCUT2D eigenvalue weighted by Crippen LogP contribution is -2.23. The average Bonchev–Trinajstić information content (AvgIpc) is 2.92. The number of benzene rings is 1. The Morgan fingerprint density at radius 2 is 2.20 bits per heavy atom. The lowest BCUT2D eigenvalue weighted by atomic mass is 10.1. The van der Waals surface area contributed by atoms with Gasteiger partial charge in [-0.15, -0.1) is 11.8 Å². The first-order valence-corrected chi connectivity index (χ1v) is 8.46. The van der Waals surface area contributed by atoms with Crippen LogP contribution in [0.15, 0.2) is 18.2 Å². The SMILES string of the molecule is CC(SCC1CCCC1)C(=O)Nc1ccc(N)cc1Cl. The van der Waals surface area contributed by atoms with Crippen LogP contribution >= 0.6 is 23.4 Å². The molecule has 5 heteroatoms. The van der Waals surface area contributed by atoms with Gasteiger partial charge in [0, 0.05) is 5.69 Å². The molecule has 1 aromatic carbocycles. The van der Waals surface area contributed by atoms with Gasteiger partial charge in [-0.05, 0) is 49.6 Å². The number of rotatable bonds is 5. The fraction of sp³-hybridized carbons (Fsp3) is 0.533. The van der Waals surface area contributed by atoms with Crippen molar-refractivity contribution in [3.63, 3.8) is 0 Å². The third kappa shape index (κ3) is 4.32. The number of carbonyl (C=O) groups is 1. The second-order valence-electron chi connectivity index (χ2n) is 5.35. The molecule has 1 saturated carbocycles. The van der Waals surface area contributed by atoms with E-state index in [0.717, 1.165) is 11.7 Å². The predicted molar refractivity (Wildman–Crippen MR) is 88.4 cm³/mol. The fourth-order valence-electron chi connectivity index (χ4n) is 2.40. The number of nitrogen functional groups attached to an aromatic ring is 1. The molecule has 0 spiro atoms. The van der Waals surface area contributed by atoms with Crippen molar-refractivity contribution in [3.8, 4) is 0 Å². The Labute approximate surface area is 129 Å². The van der Waals surface area contributed by atoms with Crippen molar-refractivity contribution in [3.05, 3.63) is 23.2 Å². The van der Waals surface area contributed by atoms with Crippen molar-refractivity contribution >= 4 is 40.6 Å². The smallest absolute Gasteiger partial charge is 0.237 e. The number of hydrogen-bond acceptors (Lipinski definition) is 3. The molecule has 110 valence electrons. The van der Waals surface area contributed by atoms with Crippen LogP contribution in [-0.4, -0.2) is 16.9 Å². The maximum atomic E-state index is 12.1. The molecule has 0 radical (unpaired) electrons. The van der Waals surface area contributed by atoms with E-state index < -0.39 is 0 Å². The highest BCUT2D eigenvalue weighted by atomic mass is 35.5. The number of nitrogens with one attached hydrogen (secondary N) is 1. The largest absolute Gasteiger partial charge is 0.399 e. The summed E-state index contributed by atoms with van der Waals surface area (Å²) in [5, 5.41) is 3.28. The fourth-order valence-corrected chi connectivity index (χ4v) is 3.74. The summed E-state index contributed by atoms with van der Waals surface area (Å²) in [5.74, 6) is 1.86. The molecule has 3 nitrogen and oxygen atoms in total. The first-order valence-electron chi connectivity index (χ1n) is 7.03. The lowest BCUT2D eigenvalue weighted by molar-refractivity contribution is -0.115. The third-order valence-electron chi connectivity index (χ3n) is 3.68. The van der Waals surface area contributed by atoms with Crippen molar-refractivity contribution in [1.82, 2.24) is 0 Å². The van der Waals surface area contributed by atoms with Crippen LogP contribution in [0, 0.1) is 5.92 Å². The molecule has 1 unspecified atom stereocenters. The van der Waals surface area contributed by atoms with Gasteiger partial charge in [-0.3, -0.25) is 4.79 Å². The molecule has 0 aliphatic heterocycles. The summed E-state index contributed by atoms with van der Waals surface area (Å²) in [6.45, 7) is 1.94. The molecule has 0 heterocycles. The van der Waals surface area contributed by atoms with Crippen LogP contribution in [0.3, 0.4) is 0 Å². The molecular formula is C15H21ClN2OS. The van der Waals surface area contributed by atoms with E-state index in [1.807, 2.05) is 6.92 Å². The summed E-state index contributed by atoms with van der Waals surface area (Å²) in [7, 11) is 0. The van der Waals surface area contributed by atoms with Crippen molar-refractivity contribution in [2.45, 2.75) is 37.9 Å². The molecule has 1 atom stereocenters. The van der Waals surface area contributed by atoms with Gasteiger partial charge in [0.05, 0.1) is 16.0 Å². The molecule has 0 aromatic heterocycles. The van der Waals surface area contributed by atoms with Gasteiger partial charge in [0.2, 0.25) is 5.91 Å². The van der Waals surface area contributed by atoms with Gasteiger partial charge in [-0.25, -0.2) is 0 Å². The summed E-state index contributed by atoms with van der Waals surface area (Å²) in [6.07, 6.45) is 5.30. The van der Waals surface area contributed by atoms with E-state index in [1.165, 1.54) is 25.7 Å². The molecule has 1 amide bonds. The predicted octanol–water partition coefficient (Wildman–Crippen LogP) is 4.17. The van der Waals surface area contributed by atoms with Crippen molar-refractivity contribution < 1.29 is 4.79 Å². The van der Waals surface area contributed by atoms with Gasteiger partial charge < -0.3 is 11.1 Å². The van der Waals surface area contributed by atoms with E-state index >= 15 is 0 Å². The van der Waals surface area contributed by atoms with Crippen LogP contribution in [-0.2, 0) is 4.79 Å². The number of anilines is 2. The van der Waals surface area contributed by atoms with Gasteiger partial charge >= 0.3 is 0 Å². The lowest BCUT2D eigenvalue weighted by Gasteiger charge is -2.15. The molecular weight excluding hydrogens is 292 g/mol. The zero-order valence-corrected chi connectivity index (χ0v) is 13.3. The number of amides is 1. The van der Waals surface area contributed by atoms with E-state index in [1.54, 1.807) is 30.0 Å². The zero-order valence-electron chi connectivity index (χ0n) is 11.7. The van der Waals surface area contributed by atoms with Gasteiger partial charge in [-0.1, -0.05) is 24.4 Å². The number of halogens is 1. The van der Waals surface area contributed by atoms with E-state index in [4.69, 9.17) is 17.3 Å². The van der Waals surface area contributed by atoms with E-state index in [-0.39, 0.29) is 11.2 Å². The number of thioether (sulfide) groups is 1. The summed E-state index contributed by atoms with van der Waals surface area (Å²) in [6, 6.07) is 5.12. The second kappa shape index (κ2) is 7.23. The quantitative estimate of drug-likeness (QED) is 0.802. The zero-order chi connectivity index (χ0) is 14.5. The molecule has 3 N–H and O–H groups in total. The number of hydrogen-bond donors (Lipinski definition) is 2. The van der Waals surface area contributed by atoms with Crippen molar-refractivity contribution in [2.75, 3.05) is 16.8 Å². The Morgan fingerprint density at radius 1 is 1.50 bits per heavy atom. The minimum atomic E-state index is -0.0655. The van der Waals surface area contributed by atoms with Gasteiger partial charge in [-0.2, -0.15) is 0 Å². The molecule has 1 aromatic rings. The third-order valence-corrected chi connectivity index (χ3v) is 5.37. The molecule has 0 saturated heterocycles. The highest BCUT2D eigenvalue weighted by Gasteiger charge is 2.19. The first kappa shape index (κ1) is 15.5. The van der Waals surface area contributed by atoms with Crippen molar-refractivity contribution in [2.24, 2.45) is 5.92 Å². The molecule has 0 bridgehead atoms. The van der Waals surface area contributed by atoms with E-state index in [2.05, 4.69) is 5.32 Å². The van der Waals surface area contributed by atoms with Crippen molar-refractivity contribution in [1.29, 1.82) is 0 Å². The van der Waals surface area contributed by atoms with Crippen LogP contribution in [0.1, 0.15) is 32.6 Å². The molecule has 2 rings (SSSR count). The minimum Gasteiger partial charge on any atom is -0.399 e. The summed E-state index contributed by atoms with van der Waals surface area (Å²) in [4.78, 5) is 12.1. The summed E-state index contributed by atoms with van der Waals surface area (Å²) >= 11 is 7.79. The standard InChI is InChI=1S/C15H21ClN2OS/c1-10(20-9-11-4-2-3-5-11)15(19)18-14-7-6-12(17)8-13(14)16/h6-8,10-11H,2-5,9,17H2,1H3,(H,18,19). The molecule has 1 aliphatic rings. The normalized spacial score (nSPS) is 17.1. The van der Waals surface area contributed by atoms with E-state index in [0.29, 0.717) is 16.4 Å². The maximum absolute atomic E-state index is 12.1. The average molecular weight is 313 g/mol. The Balaban J connectivity index is 1.83. The Bertz CT molecular complexity index is 475. The van der Waals surface area contributed by atoms with Crippen LogP contribution < -0.4 is 11.1 Å². The number of nitrogens with two attached hydrogens (primary N) is 1. The molecule has 1 aliphatic carbocycles. The Hall–Kier alpha value is -0.870. The van der Waals surface area contributed by atoms with E-state index in [9.17, 15) is 4.79 Å². The summed E-state index contributed by atoms with van der Waals surface area (Å²) < 4.78 is 0. The highest BCUT2D eigenvalue weighted by Crippen LogP contribution is 2.30. The summed E-state index contributed by atoms with van der Waals surface area (Å²) in [5.41, 5.74) is 6.85. The minimum absolute atomic E-state index is 0.000307. The first-order chi connectivity index (χ1) is 9.56. The highest BCUT2D eigenvalue weighted by molar-refractivity contribution is 8.00. The van der Waals surface area contributed by atoms with Crippen LogP contribution in [0.25, 0.3) is 0 Å². The topological polar surface area (TPSA) is 55.1 Å². The maximum Gasteiger partial charge on any atom is 0.237 e. The van der Waals surface area contributed by atoms with Crippen LogP contribution in [0.2, 0.25) is 5.02 Å². The Kier molecular flexibility index (Phi) is 5.61.